The SMILES string of the molecule is N#C[C@H](Cc1cccnc1)C(=O)Nc1ccc(F)cc1. The summed E-state index contributed by atoms with van der Waals surface area (Å²) in [6, 6.07) is 10.9. The van der Waals surface area contributed by atoms with Crippen LogP contribution in [0, 0.1) is 23.1 Å². The second-order valence-electron chi connectivity index (χ2n) is 4.24. The lowest BCUT2D eigenvalue weighted by molar-refractivity contribution is -0.118. The second kappa shape index (κ2) is 6.43. The average molecular weight is 269 g/mol. The van der Waals surface area contributed by atoms with Gasteiger partial charge in [0.05, 0.1) is 6.07 Å². The molecule has 2 rings (SSSR count). The zero-order valence-electron chi connectivity index (χ0n) is 10.6. The van der Waals surface area contributed by atoms with E-state index in [0.717, 1.165) is 5.56 Å². The Hall–Kier alpha value is -2.74. The van der Waals surface area contributed by atoms with Crippen LogP contribution >= 0.6 is 0 Å². The summed E-state index contributed by atoms with van der Waals surface area (Å²) >= 11 is 0. The van der Waals surface area contributed by atoms with Gasteiger partial charge in [0, 0.05) is 18.1 Å². The molecule has 0 radical (unpaired) electrons. The van der Waals surface area contributed by atoms with Crippen LogP contribution in [0.5, 0.6) is 0 Å². The number of amides is 1. The smallest absolute Gasteiger partial charge is 0.242 e. The summed E-state index contributed by atoms with van der Waals surface area (Å²) in [4.78, 5) is 15.9. The van der Waals surface area contributed by atoms with Crippen LogP contribution in [0.25, 0.3) is 0 Å². The first-order valence-corrected chi connectivity index (χ1v) is 6.04. The third-order valence-corrected chi connectivity index (χ3v) is 2.75. The molecule has 0 aliphatic carbocycles. The van der Waals surface area contributed by atoms with E-state index in [1.54, 1.807) is 18.5 Å². The molecule has 0 aliphatic heterocycles. The topological polar surface area (TPSA) is 65.8 Å². The van der Waals surface area contributed by atoms with E-state index in [4.69, 9.17) is 5.26 Å². The third-order valence-electron chi connectivity index (χ3n) is 2.75. The zero-order chi connectivity index (χ0) is 14.4. The number of rotatable bonds is 4. The third kappa shape index (κ3) is 3.62. The number of aromatic nitrogens is 1. The van der Waals surface area contributed by atoms with E-state index in [9.17, 15) is 9.18 Å². The molecule has 0 unspecified atom stereocenters. The minimum Gasteiger partial charge on any atom is -0.325 e. The molecule has 1 heterocycles. The highest BCUT2D eigenvalue weighted by Crippen LogP contribution is 2.12. The number of hydrogen-bond acceptors (Lipinski definition) is 3. The predicted molar refractivity (Wildman–Crippen MR) is 72.1 cm³/mol. The average Bonchev–Trinajstić information content (AvgIpc) is 2.48. The van der Waals surface area contributed by atoms with Crippen LogP contribution in [-0.4, -0.2) is 10.9 Å². The molecule has 0 aliphatic rings. The first kappa shape index (κ1) is 13.7. The van der Waals surface area contributed by atoms with Gasteiger partial charge in [0.1, 0.15) is 11.7 Å². The fraction of sp³-hybridized carbons (Fsp3) is 0.133. The van der Waals surface area contributed by atoms with Gasteiger partial charge in [-0.1, -0.05) is 6.07 Å². The van der Waals surface area contributed by atoms with Crippen molar-refractivity contribution in [1.82, 2.24) is 4.98 Å². The molecule has 2 aromatic rings. The van der Waals surface area contributed by atoms with Crippen LogP contribution in [0.1, 0.15) is 5.56 Å². The number of nitriles is 1. The first-order valence-electron chi connectivity index (χ1n) is 6.04. The molecule has 1 aromatic heterocycles. The summed E-state index contributed by atoms with van der Waals surface area (Å²) in [6.45, 7) is 0. The quantitative estimate of drug-likeness (QED) is 0.927. The lowest BCUT2D eigenvalue weighted by Crippen LogP contribution is -2.23. The summed E-state index contributed by atoms with van der Waals surface area (Å²) in [5.74, 6) is -1.61. The van der Waals surface area contributed by atoms with Gasteiger partial charge in [-0.3, -0.25) is 9.78 Å². The van der Waals surface area contributed by atoms with Crippen LogP contribution in [0.15, 0.2) is 48.8 Å². The fourth-order valence-electron chi connectivity index (χ4n) is 1.71. The number of nitrogens with one attached hydrogen (secondary N) is 1. The fourth-order valence-corrected chi connectivity index (χ4v) is 1.71. The summed E-state index contributed by atoms with van der Waals surface area (Å²) < 4.78 is 12.8. The van der Waals surface area contributed by atoms with Crippen molar-refractivity contribution in [2.24, 2.45) is 5.92 Å². The number of nitrogens with zero attached hydrogens (tertiary/aromatic N) is 2. The van der Waals surface area contributed by atoms with Crippen molar-refractivity contribution in [2.75, 3.05) is 5.32 Å². The summed E-state index contributed by atoms with van der Waals surface area (Å²) in [5, 5.41) is 11.7. The lowest BCUT2D eigenvalue weighted by atomic mass is 10.0. The second-order valence-corrected chi connectivity index (χ2v) is 4.24. The van der Waals surface area contributed by atoms with Crippen LogP contribution in [-0.2, 0) is 11.2 Å². The van der Waals surface area contributed by atoms with Gasteiger partial charge in [-0.25, -0.2) is 4.39 Å². The van der Waals surface area contributed by atoms with E-state index in [2.05, 4.69) is 10.3 Å². The van der Waals surface area contributed by atoms with E-state index in [-0.39, 0.29) is 12.2 Å². The Bertz CT molecular complexity index is 620. The van der Waals surface area contributed by atoms with Gasteiger partial charge < -0.3 is 5.32 Å². The highest BCUT2D eigenvalue weighted by atomic mass is 19.1. The monoisotopic (exact) mass is 269 g/mol. The molecular formula is C15H12FN3O. The van der Waals surface area contributed by atoms with E-state index in [1.807, 2.05) is 12.1 Å². The van der Waals surface area contributed by atoms with Crippen molar-refractivity contribution in [2.45, 2.75) is 6.42 Å². The predicted octanol–water partition coefficient (Wildman–Crippen LogP) is 2.54. The number of halogens is 1. The minimum atomic E-state index is -0.816. The van der Waals surface area contributed by atoms with Gasteiger partial charge in [-0.05, 0) is 42.3 Å². The van der Waals surface area contributed by atoms with Crippen molar-refractivity contribution in [3.8, 4) is 6.07 Å². The Kier molecular flexibility index (Phi) is 4.40. The van der Waals surface area contributed by atoms with Crippen molar-refractivity contribution >= 4 is 11.6 Å². The molecule has 20 heavy (non-hydrogen) atoms. The van der Waals surface area contributed by atoms with Crippen molar-refractivity contribution in [3.05, 3.63) is 60.2 Å². The normalized spacial score (nSPS) is 11.4. The maximum atomic E-state index is 12.8. The number of hydrogen-bond donors (Lipinski definition) is 1. The van der Waals surface area contributed by atoms with Gasteiger partial charge in [0.15, 0.2) is 0 Å². The summed E-state index contributed by atoms with van der Waals surface area (Å²) in [6.07, 6.45) is 3.54. The summed E-state index contributed by atoms with van der Waals surface area (Å²) in [7, 11) is 0. The minimum absolute atomic E-state index is 0.289. The Balaban J connectivity index is 2.03. The van der Waals surface area contributed by atoms with Gasteiger partial charge in [-0.15, -0.1) is 0 Å². The number of carbonyl (C=O) groups excluding carboxylic acids is 1. The summed E-state index contributed by atoms with van der Waals surface area (Å²) in [5.41, 5.74) is 1.27. The zero-order valence-corrected chi connectivity index (χ0v) is 10.6. The van der Waals surface area contributed by atoms with E-state index in [1.165, 1.54) is 24.3 Å². The number of anilines is 1. The standard InChI is InChI=1S/C15H12FN3O/c16-13-3-5-14(6-4-13)19-15(20)12(9-17)8-11-2-1-7-18-10-11/h1-7,10,12H,8H2,(H,19,20)/t12-/m0/s1. The molecule has 0 fully saturated rings. The molecule has 0 saturated heterocycles. The number of benzene rings is 1. The highest BCUT2D eigenvalue weighted by Gasteiger charge is 2.18. The molecular weight excluding hydrogens is 257 g/mol. The number of carbonyl (C=O) groups is 1. The maximum Gasteiger partial charge on any atom is 0.242 e. The molecule has 1 N–H and O–H groups in total. The molecule has 0 spiro atoms. The Morgan fingerprint density at radius 1 is 1.35 bits per heavy atom. The molecule has 100 valence electrons. The Labute approximate surface area is 115 Å². The first-order chi connectivity index (χ1) is 9.69. The molecule has 5 heteroatoms. The van der Waals surface area contributed by atoms with Crippen molar-refractivity contribution in [1.29, 1.82) is 5.26 Å². The maximum absolute atomic E-state index is 12.8. The molecule has 0 saturated carbocycles. The molecule has 4 nitrogen and oxygen atoms in total. The van der Waals surface area contributed by atoms with Crippen LogP contribution < -0.4 is 5.32 Å². The highest BCUT2D eigenvalue weighted by molar-refractivity contribution is 5.94. The van der Waals surface area contributed by atoms with E-state index < -0.39 is 11.8 Å². The van der Waals surface area contributed by atoms with Crippen LogP contribution in [0.2, 0.25) is 0 Å². The Morgan fingerprint density at radius 2 is 2.10 bits per heavy atom. The molecule has 1 aromatic carbocycles. The molecule has 0 bridgehead atoms. The van der Waals surface area contributed by atoms with Crippen molar-refractivity contribution in [3.63, 3.8) is 0 Å². The van der Waals surface area contributed by atoms with Gasteiger partial charge in [0.25, 0.3) is 0 Å². The van der Waals surface area contributed by atoms with E-state index in [0.29, 0.717) is 5.69 Å². The van der Waals surface area contributed by atoms with Crippen LogP contribution in [0.4, 0.5) is 10.1 Å². The molecule has 1 atom stereocenters. The number of pyridine rings is 1. The van der Waals surface area contributed by atoms with Crippen molar-refractivity contribution < 1.29 is 9.18 Å². The van der Waals surface area contributed by atoms with Crippen LogP contribution in [0.3, 0.4) is 0 Å². The lowest BCUT2D eigenvalue weighted by Gasteiger charge is -2.10. The van der Waals surface area contributed by atoms with Gasteiger partial charge >= 0.3 is 0 Å². The van der Waals surface area contributed by atoms with Gasteiger partial charge in [0.2, 0.25) is 5.91 Å². The Morgan fingerprint density at radius 3 is 2.70 bits per heavy atom. The largest absolute Gasteiger partial charge is 0.325 e. The van der Waals surface area contributed by atoms with Gasteiger partial charge in [-0.2, -0.15) is 5.26 Å². The van der Waals surface area contributed by atoms with E-state index >= 15 is 0 Å². The molecule has 1 amide bonds.